The average Bonchev–Trinajstić information content (AvgIpc) is 3.19. The normalized spacial score (nSPS) is 35.2. The number of hydrogen-bond acceptors (Lipinski definition) is 10. The molecule has 3 aliphatic rings. The lowest BCUT2D eigenvalue weighted by atomic mass is 10.0. The van der Waals surface area contributed by atoms with Crippen LogP contribution in [0.15, 0.2) is 35.3 Å². The number of rotatable bonds is 4. The zero-order chi connectivity index (χ0) is 24.8. The predicted molar refractivity (Wildman–Crippen MR) is 116 cm³/mol. The van der Waals surface area contributed by atoms with Gasteiger partial charge >= 0.3 is 7.82 Å². The second-order valence-electron chi connectivity index (χ2n) is 8.63. The van der Waals surface area contributed by atoms with Gasteiger partial charge in [0.15, 0.2) is 11.5 Å². The fourth-order valence-electron chi connectivity index (χ4n) is 4.72. The molecule has 35 heavy (non-hydrogen) atoms. The molecule has 12 nitrogen and oxygen atoms in total. The monoisotopic (exact) mass is 504 g/mol. The lowest BCUT2D eigenvalue weighted by Gasteiger charge is -2.32. The van der Waals surface area contributed by atoms with Gasteiger partial charge in [0.2, 0.25) is 11.7 Å². The number of H-pyrrole nitrogens is 1. The van der Waals surface area contributed by atoms with Gasteiger partial charge in [-0.2, -0.15) is 4.98 Å². The van der Waals surface area contributed by atoms with Gasteiger partial charge in [-0.15, -0.1) is 6.42 Å². The zero-order valence-corrected chi connectivity index (χ0v) is 18.7. The van der Waals surface area contributed by atoms with Crippen molar-refractivity contribution in [1.29, 1.82) is 0 Å². The van der Waals surface area contributed by atoms with Gasteiger partial charge in [0.25, 0.3) is 5.56 Å². The van der Waals surface area contributed by atoms with E-state index in [2.05, 4.69) is 15.9 Å². The van der Waals surface area contributed by atoms with E-state index in [1.807, 2.05) is 0 Å². The van der Waals surface area contributed by atoms with Crippen LogP contribution in [0.3, 0.4) is 0 Å². The molecule has 0 spiro atoms. The Hall–Kier alpha value is -3.24. The van der Waals surface area contributed by atoms with Crippen LogP contribution in [-0.2, 0) is 30.7 Å². The van der Waals surface area contributed by atoms with Gasteiger partial charge in [0, 0.05) is 18.2 Å². The molecule has 2 fully saturated rings. The van der Waals surface area contributed by atoms with Crippen molar-refractivity contribution in [2.24, 2.45) is 0 Å². The summed E-state index contributed by atoms with van der Waals surface area (Å²) in [5.74, 6) is 1.24. The number of aromatic amines is 1. The molecule has 1 saturated heterocycles. The Kier molecular flexibility index (Phi) is 4.39. The molecule has 0 amide bonds. The summed E-state index contributed by atoms with van der Waals surface area (Å²) in [5.41, 5.74) is -0.677. The fourth-order valence-corrected chi connectivity index (χ4v) is 5.98. The number of nitrogens with zero attached hydrogens (tertiary/aromatic N) is 2. The van der Waals surface area contributed by atoms with Gasteiger partial charge < -0.3 is 25.2 Å². The molecule has 1 saturated carbocycles. The SMILES string of the molecule is C#C[C@@]1(n2cc(F)c3c(=O)[nH]c(N)nc32)O[C@@]2(COP3(=O)OCc4ccccc4O3)C[C@]2(O)[C@H]1O. The Morgan fingerprint density at radius 1 is 1.46 bits per heavy atom. The number of benzene rings is 1. The fraction of sp³-hybridized carbons (Fsp3) is 0.333. The van der Waals surface area contributed by atoms with Crippen LogP contribution in [-0.4, -0.2) is 48.7 Å². The smallest absolute Gasteiger partial charge is 0.404 e. The number of nitrogens with two attached hydrogens (primary N) is 1. The number of aliphatic hydroxyl groups excluding tert-OH is 1. The van der Waals surface area contributed by atoms with E-state index in [0.29, 0.717) is 11.3 Å². The minimum Gasteiger partial charge on any atom is -0.404 e. The molecule has 5 atom stereocenters. The van der Waals surface area contributed by atoms with E-state index < -0.39 is 54.2 Å². The molecule has 5 N–H and O–H groups in total. The van der Waals surface area contributed by atoms with Crippen molar-refractivity contribution in [2.75, 3.05) is 12.3 Å². The third-order valence-electron chi connectivity index (χ3n) is 6.60. The number of phosphoric ester groups is 1. The largest absolute Gasteiger partial charge is 0.530 e. The van der Waals surface area contributed by atoms with Gasteiger partial charge in [-0.1, -0.05) is 18.2 Å². The first-order valence-corrected chi connectivity index (χ1v) is 11.8. The minimum absolute atomic E-state index is 0.0290. The molecule has 14 heteroatoms. The number of ether oxygens (including phenoxy) is 1. The molecule has 1 aromatic carbocycles. The summed E-state index contributed by atoms with van der Waals surface area (Å²) in [6.45, 7) is -0.569. The topological polar surface area (TPSA) is 171 Å². The first-order chi connectivity index (χ1) is 16.6. The van der Waals surface area contributed by atoms with Gasteiger partial charge in [-0.3, -0.25) is 23.4 Å². The molecule has 0 bridgehead atoms. The maximum atomic E-state index is 14.7. The number of aliphatic hydroxyl groups is 2. The summed E-state index contributed by atoms with van der Waals surface area (Å²) in [5, 5.41) is 21.7. The number of fused-ring (bicyclic) bond motifs is 3. The summed E-state index contributed by atoms with van der Waals surface area (Å²) >= 11 is 0. The number of terminal acetylenes is 1. The summed E-state index contributed by atoms with van der Waals surface area (Å²) in [7, 11) is -4.10. The highest BCUT2D eigenvalue weighted by Crippen LogP contribution is 2.66. The zero-order valence-electron chi connectivity index (χ0n) is 17.8. The van der Waals surface area contributed by atoms with Crippen LogP contribution in [0.25, 0.3) is 11.0 Å². The Morgan fingerprint density at radius 2 is 2.23 bits per heavy atom. The van der Waals surface area contributed by atoms with Crippen molar-refractivity contribution >= 4 is 24.8 Å². The number of aromatic nitrogens is 3. The van der Waals surface area contributed by atoms with E-state index >= 15 is 0 Å². The van der Waals surface area contributed by atoms with Crippen LogP contribution in [0.1, 0.15) is 12.0 Å². The lowest BCUT2D eigenvalue weighted by molar-refractivity contribution is -0.140. The Labute approximate surface area is 196 Å². The number of nitrogens with one attached hydrogen (secondary N) is 1. The van der Waals surface area contributed by atoms with E-state index in [4.69, 9.17) is 30.5 Å². The van der Waals surface area contributed by atoms with E-state index in [1.165, 1.54) is 0 Å². The van der Waals surface area contributed by atoms with Crippen LogP contribution in [0.4, 0.5) is 10.3 Å². The molecule has 182 valence electrons. The number of nitrogen functional groups attached to an aromatic ring is 1. The first-order valence-electron chi connectivity index (χ1n) is 10.4. The molecule has 1 aliphatic carbocycles. The molecular formula is C21H18FN4O8P. The summed E-state index contributed by atoms with van der Waals surface area (Å²) in [4.78, 5) is 18.3. The van der Waals surface area contributed by atoms with Gasteiger partial charge in [-0.25, -0.2) is 8.96 Å². The van der Waals surface area contributed by atoms with Crippen molar-refractivity contribution in [1.82, 2.24) is 14.5 Å². The van der Waals surface area contributed by atoms with E-state index in [9.17, 15) is 24.0 Å². The summed E-state index contributed by atoms with van der Waals surface area (Å²) in [6.07, 6.45) is 4.58. The highest BCUT2D eigenvalue weighted by molar-refractivity contribution is 7.49. The van der Waals surface area contributed by atoms with Crippen molar-refractivity contribution in [2.45, 2.75) is 36.1 Å². The predicted octanol–water partition coefficient (Wildman–Crippen LogP) is 0.730. The maximum absolute atomic E-state index is 14.7. The third kappa shape index (κ3) is 2.89. The Balaban J connectivity index is 1.34. The third-order valence-corrected chi connectivity index (χ3v) is 7.91. The summed E-state index contributed by atoms with van der Waals surface area (Å²) in [6, 6.07) is 6.80. The standard InChI is InChI=1S/C21H18FN4O8P/c1-2-21(26-7-12(22)14-15(26)24-18(23)25-16(14)27)17(28)20(29)9-19(20,34-21)10-32-35(30)31-8-11-5-3-4-6-13(11)33-35/h1,3-7,17,28-29H,8-10H2,(H3,23,24,25,27)/t17-,19-,20+,21-,35?/m1/s1. The average molecular weight is 504 g/mol. The molecule has 6 rings (SSSR count). The van der Waals surface area contributed by atoms with E-state index in [1.54, 1.807) is 24.3 Å². The maximum Gasteiger partial charge on any atom is 0.530 e. The highest BCUT2D eigenvalue weighted by atomic mass is 31.2. The number of halogens is 1. The van der Waals surface area contributed by atoms with Gasteiger partial charge in [0.1, 0.15) is 28.4 Å². The van der Waals surface area contributed by atoms with Crippen molar-refractivity contribution in [3.8, 4) is 18.1 Å². The Bertz CT molecular complexity index is 1550. The highest BCUT2D eigenvalue weighted by Gasteiger charge is 2.84. The molecule has 0 radical (unpaired) electrons. The van der Waals surface area contributed by atoms with E-state index in [-0.39, 0.29) is 24.6 Å². The van der Waals surface area contributed by atoms with Crippen molar-refractivity contribution in [3.05, 3.63) is 52.2 Å². The van der Waals surface area contributed by atoms with Crippen molar-refractivity contribution < 1.29 is 37.5 Å². The summed E-state index contributed by atoms with van der Waals surface area (Å²) < 4.78 is 50.7. The van der Waals surface area contributed by atoms with Crippen LogP contribution >= 0.6 is 7.82 Å². The Morgan fingerprint density at radius 3 is 3.00 bits per heavy atom. The molecule has 2 aliphatic heterocycles. The molecule has 4 heterocycles. The first kappa shape index (κ1) is 22.2. The number of phosphoric acid groups is 1. The van der Waals surface area contributed by atoms with Crippen LogP contribution in [0, 0.1) is 18.2 Å². The number of anilines is 1. The molecule has 2 aromatic heterocycles. The molecule has 1 unspecified atom stereocenters. The quantitative estimate of drug-likeness (QED) is 0.293. The van der Waals surface area contributed by atoms with Crippen LogP contribution in [0.2, 0.25) is 0 Å². The second kappa shape index (κ2) is 6.92. The van der Waals surface area contributed by atoms with Gasteiger partial charge in [0.05, 0.1) is 13.2 Å². The molecular weight excluding hydrogens is 486 g/mol. The van der Waals surface area contributed by atoms with Gasteiger partial charge in [-0.05, 0) is 12.0 Å². The van der Waals surface area contributed by atoms with E-state index in [0.717, 1.165) is 10.8 Å². The minimum atomic E-state index is -4.10. The lowest BCUT2D eigenvalue weighted by Crippen LogP contribution is -2.47. The van der Waals surface area contributed by atoms with Crippen LogP contribution in [0.5, 0.6) is 5.75 Å². The molecule has 3 aromatic rings. The van der Waals surface area contributed by atoms with Crippen molar-refractivity contribution in [3.63, 3.8) is 0 Å². The number of para-hydroxylation sites is 1. The second-order valence-corrected chi connectivity index (χ2v) is 10.2. The number of hydrogen-bond donors (Lipinski definition) is 4. The van der Waals surface area contributed by atoms with Crippen LogP contribution < -0.4 is 15.8 Å².